The molecule has 1 N–H and O–H groups in total. The van der Waals surface area contributed by atoms with Gasteiger partial charge in [-0.1, -0.05) is 48.5 Å². The first kappa shape index (κ1) is 17.2. The van der Waals surface area contributed by atoms with Crippen molar-refractivity contribution in [3.05, 3.63) is 59.4 Å². The zero-order chi connectivity index (χ0) is 17.1. The van der Waals surface area contributed by atoms with Crippen LogP contribution in [-0.4, -0.2) is 27.0 Å². The molecule has 0 spiro atoms. The first-order valence-electron chi connectivity index (χ1n) is 7.37. The van der Waals surface area contributed by atoms with Crippen LogP contribution in [0.1, 0.15) is 6.92 Å². The van der Waals surface area contributed by atoms with Crippen LogP contribution in [0.15, 0.2) is 53.5 Å². The monoisotopic (exact) mass is 379 g/mol. The van der Waals surface area contributed by atoms with E-state index in [4.69, 9.17) is 23.8 Å². The Kier molecular flexibility index (Phi) is 5.38. The Labute approximate surface area is 154 Å². The van der Waals surface area contributed by atoms with Gasteiger partial charge < -0.3 is 5.32 Å². The van der Waals surface area contributed by atoms with Gasteiger partial charge in [-0.15, -0.1) is 0 Å². The van der Waals surface area contributed by atoms with Crippen LogP contribution in [0.4, 0.5) is 15.8 Å². The average molecular weight is 380 g/mol. The molecule has 0 radical (unpaired) electrons. The van der Waals surface area contributed by atoms with Crippen LogP contribution in [0.2, 0.25) is 5.02 Å². The van der Waals surface area contributed by atoms with Crippen molar-refractivity contribution in [1.82, 2.24) is 4.90 Å². The lowest BCUT2D eigenvalue weighted by Gasteiger charge is -2.20. The number of thiocarbonyl (C=S) groups is 1. The number of hydrogen-bond acceptors (Lipinski definition) is 3. The van der Waals surface area contributed by atoms with Gasteiger partial charge in [0, 0.05) is 22.5 Å². The third-order valence-electron chi connectivity index (χ3n) is 3.37. The van der Waals surface area contributed by atoms with Crippen LogP contribution in [-0.2, 0) is 0 Å². The number of para-hydroxylation sites is 1. The standard InChI is InChI=1S/C17H15ClFN3S2/c1-11-10-22(16(23)20-13-6-4-5-12(18)9-13)17(24-11)21-15-8-3-2-7-14(15)19/h2-9,11H,10H2,1H3,(H,20,23). The van der Waals surface area contributed by atoms with E-state index in [0.717, 1.165) is 5.69 Å². The molecule has 1 saturated heterocycles. The number of benzene rings is 2. The minimum Gasteiger partial charge on any atom is -0.332 e. The second kappa shape index (κ2) is 7.51. The number of rotatable bonds is 2. The van der Waals surface area contributed by atoms with Crippen LogP contribution in [0.3, 0.4) is 0 Å². The summed E-state index contributed by atoms with van der Waals surface area (Å²) in [4.78, 5) is 6.33. The molecule has 1 aliphatic rings. The molecule has 124 valence electrons. The maximum atomic E-state index is 13.9. The van der Waals surface area contributed by atoms with Gasteiger partial charge in [0.25, 0.3) is 0 Å². The summed E-state index contributed by atoms with van der Waals surface area (Å²) in [5.74, 6) is -0.348. The van der Waals surface area contributed by atoms with Crippen LogP contribution in [0, 0.1) is 5.82 Å². The average Bonchev–Trinajstić information content (AvgIpc) is 2.90. The molecule has 3 nitrogen and oxygen atoms in total. The number of nitrogens with one attached hydrogen (secondary N) is 1. The predicted molar refractivity (Wildman–Crippen MR) is 105 cm³/mol. The van der Waals surface area contributed by atoms with Crippen LogP contribution in [0.25, 0.3) is 0 Å². The third kappa shape index (κ3) is 4.06. The van der Waals surface area contributed by atoms with Crippen molar-refractivity contribution in [2.45, 2.75) is 12.2 Å². The highest BCUT2D eigenvalue weighted by Crippen LogP contribution is 2.30. The molecule has 1 aliphatic heterocycles. The fraction of sp³-hybridized carbons (Fsp3) is 0.176. The molecule has 0 aromatic heterocycles. The Morgan fingerprint density at radius 2 is 2.12 bits per heavy atom. The molecule has 1 heterocycles. The Balaban J connectivity index is 1.82. The molecule has 0 bridgehead atoms. The smallest absolute Gasteiger partial charge is 0.179 e. The number of thioether (sulfide) groups is 1. The first-order chi connectivity index (χ1) is 11.5. The topological polar surface area (TPSA) is 27.6 Å². The Morgan fingerprint density at radius 1 is 1.33 bits per heavy atom. The van der Waals surface area contributed by atoms with Crippen molar-refractivity contribution in [1.29, 1.82) is 0 Å². The second-order valence-electron chi connectivity index (χ2n) is 5.33. The molecule has 7 heteroatoms. The van der Waals surface area contributed by atoms with Gasteiger partial charge in [-0.25, -0.2) is 9.38 Å². The molecule has 1 unspecified atom stereocenters. The van der Waals surface area contributed by atoms with E-state index in [-0.39, 0.29) is 5.82 Å². The zero-order valence-electron chi connectivity index (χ0n) is 12.9. The van der Waals surface area contributed by atoms with Gasteiger partial charge in [0.1, 0.15) is 11.5 Å². The second-order valence-corrected chi connectivity index (χ2v) is 7.55. The van der Waals surface area contributed by atoms with Crippen molar-refractivity contribution in [2.24, 2.45) is 4.99 Å². The summed E-state index contributed by atoms with van der Waals surface area (Å²) >= 11 is 13.1. The predicted octanol–water partition coefficient (Wildman–Crippen LogP) is 5.30. The van der Waals surface area contributed by atoms with Gasteiger partial charge in [0.05, 0.1) is 0 Å². The molecule has 1 fully saturated rings. The highest BCUT2D eigenvalue weighted by atomic mass is 35.5. The summed E-state index contributed by atoms with van der Waals surface area (Å²) in [6.45, 7) is 2.80. The summed E-state index contributed by atoms with van der Waals surface area (Å²) in [7, 11) is 0. The SMILES string of the molecule is CC1CN(C(=S)Nc2cccc(Cl)c2)C(=Nc2ccccc2F)S1. The van der Waals surface area contributed by atoms with Crippen LogP contribution < -0.4 is 5.32 Å². The van der Waals surface area contributed by atoms with Gasteiger partial charge in [0.2, 0.25) is 0 Å². The molecule has 0 amide bonds. The summed E-state index contributed by atoms with van der Waals surface area (Å²) in [5, 5.41) is 5.31. The fourth-order valence-corrected chi connectivity index (χ4v) is 3.83. The number of anilines is 1. The van der Waals surface area contributed by atoms with Crippen molar-refractivity contribution in [3.63, 3.8) is 0 Å². The molecular weight excluding hydrogens is 365 g/mol. The summed E-state index contributed by atoms with van der Waals surface area (Å²) in [6.07, 6.45) is 0. The lowest BCUT2D eigenvalue weighted by Crippen LogP contribution is -2.36. The van der Waals surface area contributed by atoms with E-state index in [1.54, 1.807) is 42.1 Å². The summed E-state index contributed by atoms with van der Waals surface area (Å²) in [5.41, 5.74) is 1.12. The van der Waals surface area contributed by atoms with E-state index in [2.05, 4.69) is 17.2 Å². The van der Waals surface area contributed by atoms with Crippen LogP contribution >= 0.6 is 35.6 Å². The van der Waals surface area contributed by atoms with Crippen molar-refractivity contribution >= 4 is 57.2 Å². The third-order valence-corrected chi connectivity index (χ3v) is 5.00. The lowest BCUT2D eigenvalue weighted by molar-refractivity contribution is 0.625. The Morgan fingerprint density at radius 3 is 2.88 bits per heavy atom. The highest BCUT2D eigenvalue weighted by molar-refractivity contribution is 8.14. The maximum absolute atomic E-state index is 13.9. The number of halogens is 2. The van der Waals surface area contributed by atoms with E-state index in [1.165, 1.54) is 6.07 Å². The largest absolute Gasteiger partial charge is 0.332 e. The molecule has 1 atom stereocenters. The lowest BCUT2D eigenvalue weighted by atomic mass is 10.3. The van der Waals surface area contributed by atoms with Gasteiger partial charge in [-0.05, 0) is 42.5 Å². The van der Waals surface area contributed by atoms with Crippen molar-refractivity contribution < 1.29 is 4.39 Å². The van der Waals surface area contributed by atoms with E-state index in [1.807, 2.05) is 17.0 Å². The number of amidine groups is 1. The van der Waals surface area contributed by atoms with Gasteiger partial charge in [-0.3, -0.25) is 4.90 Å². The number of hydrogen-bond donors (Lipinski definition) is 1. The molecular formula is C17H15ClFN3S2. The van der Waals surface area contributed by atoms with Gasteiger partial charge in [-0.2, -0.15) is 0 Å². The van der Waals surface area contributed by atoms with Gasteiger partial charge >= 0.3 is 0 Å². The van der Waals surface area contributed by atoms with Crippen molar-refractivity contribution in [3.8, 4) is 0 Å². The van der Waals surface area contributed by atoms with Crippen LogP contribution in [0.5, 0.6) is 0 Å². The molecule has 0 aliphatic carbocycles. The van der Waals surface area contributed by atoms with E-state index in [9.17, 15) is 4.39 Å². The van der Waals surface area contributed by atoms with E-state index < -0.39 is 0 Å². The first-order valence-corrected chi connectivity index (χ1v) is 9.03. The molecule has 24 heavy (non-hydrogen) atoms. The van der Waals surface area contributed by atoms with Crippen molar-refractivity contribution in [2.75, 3.05) is 11.9 Å². The number of nitrogens with zero attached hydrogens (tertiary/aromatic N) is 2. The molecule has 2 aromatic rings. The normalized spacial score (nSPS) is 18.9. The minimum absolute atomic E-state index is 0.310. The Bertz CT molecular complexity index is 797. The molecule has 3 rings (SSSR count). The zero-order valence-corrected chi connectivity index (χ0v) is 15.3. The minimum atomic E-state index is -0.348. The molecule has 0 saturated carbocycles. The molecule has 2 aromatic carbocycles. The summed E-state index contributed by atoms with van der Waals surface area (Å²) in [6, 6.07) is 13.8. The summed E-state index contributed by atoms with van der Waals surface area (Å²) < 4.78 is 13.9. The van der Waals surface area contributed by atoms with E-state index in [0.29, 0.717) is 32.8 Å². The maximum Gasteiger partial charge on any atom is 0.179 e. The Hall–Kier alpha value is -1.63. The quantitative estimate of drug-likeness (QED) is 0.716. The van der Waals surface area contributed by atoms with Gasteiger partial charge in [0.15, 0.2) is 10.3 Å². The number of aliphatic imine (C=N–C) groups is 1. The van der Waals surface area contributed by atoms with E-state index >= 15 is 0 Å². The fourth-order valence-electron chi connectivity index (χ4n) is 2.28. The highest BCUT2D eigenvalue weighted by Gasteiger charge is 2.29.